The maximum atomic E-state index is 13.4. The first-order valence-corrected chi connectivity index (χ1v) is 7.13. The van der Waals surface area contributed by atoms with Crippen molar-refractivity contribution < 1.29 is 14.2 Å². The molecule has 1 aromatic carbocycles. The molecule has 0 heterocycles. The van der Waals surface area contributed by atoms with Crippen molar-refractivity contribution in [3.05, 3.63) is 34.6 Å². The monoisotopic (exact) mass is 288 g/mol. The van der Waals surface area contributed by atoms with E-state index in [9.17, 15) is 9.50 Å². The van der Waals surface area contributed by atoms with Gasteiger partial charge in [0.2, 0.25) is 0 Å². The number of benzene rings is 1. The molecule has 0 amide bonds. The third-order valence-corrected chi connectivity index (χ3v) is 4.10. The van der Waals surface area contributed by atoms with Crippen molar-refractivity contribution in [2.75, 3.05) is 6.61 Å². The Labute approximate surface area is 119 Å². The maximum absolute atomic E-state index is 13.4. The van der Waals surface area contributed by atoms with Crippen molar-refractivity contribution in [2.45, 2.75) is 51.7 Å². The zero-order chi connectivity index (χ0) is 14.5. The van der Waals surface area contributed by atoms with Crippen LogP contribution in [0.15, 0.2) is 18.2 Å². The van der Waals surface area contributed by atoms with Gasteiger partial charge in [0.25, 0.3) is 0 Å². The molecule has 0 aromatic heterocycles. The lowest BCUT2D eigenvalue weighted by Crippen LogP contribution is -2.45. The Morgan fingerprint density at radius 1 is 1.32 bits per heavy atom. The average molecular weight is 289 g/mol. The van der Waals surface area contributed by atoms with Gasteiger partial charge in [-0.25, -0.2) is 4.39 Å². The molecule has 1 aromatic rings. The van der Waals surface area contributed by atoms with Crippen LogP contribution in [0.5, 0.6) is 0 Å². The average Bonchev–Trinajstić information content (AvgIpc) is 2.41. The smallest absolute Gasteiger partial charge is 0.142 e. The lowest BCUT2D eigenvalue weighted by atomic mass is 9.86. The summed E-state index contributed by atoms with van der Waals surface area (Å²) in [5, 5.41) is 10.5. The minimum Gasteiger partial charge on any atom is -0.390 e. The largest absolute Gasteiger partial charge is 0.390 e. The summed E-state index contributed by atoms with van der Waals surface area (Å²) in [5.74, 6) is -0.457. The molecular formula is C15H22ClFO2. The van der Waals surface area contributed by atoms with Crippen molar-refractivity contribution in [3.63, 3.8) is 0 Å². The van der Waals surface area contributed by atoms with Crippen molar-refractivity contribution >= 4 is 11.6 Å². The molecular weight excluding hydrogens is 267 g/mol. The molecule has 0 spiro atoms. The summed E-state index contributed by atoms with van der Waals surface area (Å²) < 4.78 is 19.1. The number of hydrogen-bond donors (Lipinski definition) is 1. The SMILES string of the molecule is CCOC(CC)(CC)C(O)Cc1cccc(F)c1Cl. The van der Waals surface area contributed by atoms with Gasteiger partial charge in [0.1, 0.15) is 5.82 Å². The van der Waals surface area contributed by atoms with E-state index < -0.39 is 17.5 Å². The van der Waals surface area contributed by atoms with E-state index in [-0.39, 0.29) is 11.4 Å². The normalized spacial score (nSPS) is 13.6. The highest BCUT2D eigenvalue weighted by atomic mass is 35.5. The number of rotatable bonds is 7. The first-order valence-electron chi connectivity index (χ1n) is 6.75. The Bertz CT molecular complexity index is 405. The fraction of sp³-hybridized carbons (Fsp3) is 0.600. The summed E-state index contributed by atoms with van der Waals surface area (Å²) in [7, 11) is 0. The third kappa shape index (κ3) is 3.68. The summed E-state index contributed by atoms with van der Waals surface area (Å²) in [6.07, 6.45) is 0.983. The number of hydrogen-bond acceptors (Lipinski definition) is 2. The van der Waals surface area contributed by atoms with Gasteiger partial charge in [0, 0.05) is 13.0 Å². The number of ether oxygens (including phenoxy) is 1. The number of halogens is 2. The third-order valence-electron chi connectivity index (χ3n) is 3.68. The van der Waals surface area contributed by atoms with E-state index in [0.717, 1.165) is 0 Å². The lowest BCUT2D eigenvalue weighted by Gasteiger charge is -2.36. The molecule has 0 fully saturated rings. The minimum atomic E-state index is -0.707. The molecule has 1 unspecified atom stereocenters. The van der Waals surface area contributed by atoms with Gasteiger partial charge in [0.15, 0.2) is 0 Å². The minimum absolute atomic E-state index is 0.0826. The molecule has 1 N–H and O–H groups in total. The molecule has 19 heavy (non-hydrogen) atoms. The Balaban J connectivity index is 2.93. The van der Waals surface area contributed by atoms with Crippen LogP contribution in [0, 0.1) is 5.82 Å². The van der Waals surface area contributed by atoms with E-state index in [1.54, 1.807) is 12.1 Å². The summed E-state index contributed by atoms with van der Waals surface area (Å²) >= 11 is 5.92. The van der Waals surface area contributed by atoms with Crippen LogP contribution in [-0.2, 0) is 11.2 Å². The van der Waals surface area contributed by atoms with Gasteiger partial charge in [-0.2, -0.15) is 0 Å². The Kier molecular flexibility index (Phi) is 6.24. The zero-order valence-electron chi connectivity index (χ0n) is 11.7. The highest BCUT2D eigenvalue weighted by Gasteiger charge is 2.35. The second-order valence-corrected chi connectivity index (χ2v) is 5.02. The highest BCUT2D eigenvalue weighted by molar-refractivity contribution is 6.31. The fourth-order valence-electron chi connectivity index (χ4n) is 2.41. The van der Waals surface area contributed by atoms with Gasteiger partial charge in [-0.05, 0) is 31.4 Å². The second kappa shape index (κ2) is 7.22. The molecule has 0 bridgehead atoms. The topological polar surface area (TPSA) is 29.5 Å². The predicted octanol–water partition coefficient (Wildman–Crippen LogP) is 3.98. The van der Waals surface area contributed by atoms with Gasteiger partial charge in [-0.15, -0.1) is 0 Å². The quantitative estimate of drug-likeness (QED) is 0.822. The van der Waals surface area contributed by atoms with Gasteiger partial charge >= 0.3 is 0 Å². The first kappa shape index (κ1) is 16.4. The van der Waals surface area contributed by atoms with E-state index in [0.29, 0.717) is 25.0 Å². The van der Waals surface area contributed by atoms with E-state index in [4.69, 9.17) is 16.3 Å². The van der Waals surface area contributed by atoms with Crippen molar-refractivity contribution in [1.29, 1.82) is 0 Å². The van der Waals surface area contributed by atoms with Crippen LogP contribution in [0.4, 0.5) is 4.39 Å². The molecule has 0 aliphatic carbocycles. The first-order chi connectivity index (χ1) is 9.00. The van der Waals surface area contributed by atoms with Crippen LogP contribution in [0.3, 0.4) is 0 Å². The summed E-state index contributed by atoms with van der Waals surface area (Å²) in [6, 6.07) is 4.65. The van der Waals surface area contributed by atoms with Crippen molar-refractivity contribution in [2.24, 2.45) is 0 Å². The molecule has 0 saturated carbocycles. The van der Waals surface area contributed by atoms with Crippen LogP contribution >= 0.6 is 11.6 Å². The molecule has 108 valence electrons. The fourth-order valence-corrected chi connectivity index (χ4v) is 2.61. The summed E-state index contributed by atoms with van der Waals surface area (Å²) in [4.78, 5) is 0. The van der Waals surface area contributed by atoms with E-state index in [1.807, 2.05) is 20.8 Å². The van der Waals surface area contributed by atoms with Crippen LogP contribution in [0.1, 0.15) is 39.2 Å². The predicted molar refractivity (Wildman–Crippen MR) is 76.1 cm³/mol. The molecule has 1 rings (SSSR count). The second-order valence-electron chi connectivity index (χ2n) is 4.64. The van der Waals surface area contributed by atoms with Crippen LogP contribution in [0.2, 0.25) is 5.02 Å². The molecule has 4 heteroatoms. The van der Waals surface area contributed by atoms with E-state index >= 15 is 0 Å². The standard InChI is InChI=1S/C15H22ClFO2/c1-4-15(5-2,19-6-3)13(18)10-11-8-7-9-12(17)14(11)16/h7-9,13,18H,4-6,10H2,1-3H3. The van der Waals surface area contributed by atoms with Crippen LogP contribution < -0.4 is 0 Å². The summed E-state index contributed by atoms with van der Waals surface area (Å²) in [6.45, 7) is 6.41. The van der Waals surface area contributed by atoms with Gasteiger partial charge in [-0.1, -0.05) is 37.6 Å². The van der Waals surface area contributed by atoms with Gasteiger partial charge in [-0.3, -0.25) is 0 Å². The Morgan fingerprint density at radius 3 is 2.47 bits per heavy atom. The van der Waals surface area contributed by atoms with Gasteiger partial charge in [0.05, 0.1) is 16.7 Å². The van der Waals surface area contributed by atoms with E-state index in [1.165, 1.54) is 6.07 Å². The molecule has 1 atom stereocenters. The molecule has 2 nitrogen and oxygen atoms in total. The number of aliphatic hydroxyl groups excluding tert-OH is 1. The number of aliphatic hydroxyl groups is 1. The van der Waals surface area contributed by atoms with E-state index in [2.05, 4.69) is 0 Å². The molecule has 0 saturated heterocycles. The summed E-state index contributed by atoms with van der Waals surface area (Å²) in [5.41, 5.74) is 0.0184. The molecule has 0 aliphatic heterocycles. The van der Waals surface area contributed by atoms with Crippen LogP contribution in [0.25, 0.3) is 0 Å². The Hall–Kier alpha value is -0.640. The van der Waals surface area contributed by atoms with Crippen molar-refractivity contribution in [1.82, 2.24) is 0 Å². The Morgan fingerprint density at radius 2 is 1.95 bits per heavy atom. The zero-order valence-corrected chi connectivity index (χ0v) is 12.5. The lowest BCUT2D eigenvalue weighted by molar-refractivity contribution is -0.124. The van der Waals surface area contributed by atoms with Crippen molar-refractivity contribution in [3.8, 4) is 0 Å². The highest BCUT2D eigenvalue weighted by Crippen LogP contribution is 2.29. The molecule has 0 aliphatic rings. The van der Waals surface area contributed by atoms with Gasteiger partial charge < -0.3 is 9.84 Å². The molecule has 0 radical (unpaired) electrons. The van der Waals surface area contributed by atoms with Crippen LogP contribution in [-0.4, -0.2) is 23.4 Å². The maximum Gasteiger partial charge on any atom is 0.142 e.